The lowest BCUT2D eigenvalue weighted by molar-refractivity contribution is -0.192. The molecule has 0 aromatic carbocycles. The van der Waals surface area contributed by atoms with E-state index in [4.69, 9.17) is 15.6 Å². The van der Waals surface area contributed by atoms with E-state index in [1.807, 2.05) is 10.3 Å². The van der Waals surface area contributed by atoms with Gasteiger partial charge in [-0.3, -0.25) is 14.5 Å². The van der Waals surface area contributed by atoms with Crippen LogP contribution in [0.1, 0.15) is 12.8 Å². The van der Waals surface area contributed by atoms with Gasteiger partial charge in [-0.1, -0.05) is 0 Å². The van der Waals surface area contributed by atoms with Crippen LogP contribution in [-0.2, 0) is 14.4 Å². The number of anilines is 1. The number of nitrogens with two attached hydrogens (primary N) is 1. The van der Waals surface area contributed by atoms with Gasteiger partial charge in [0.15, 0.2) is 0 Å². The number of primary amides is 1. The SMILES string of the molecule is NC(=O)CC1CCN(CC(=O)Nc2ccsn2)C1.O=C(O)C(F)(F)F. The first-order valence-corrected chi connectivity index (χ1v) is 7.92. The van der Waals surface area contributed by atoms with E-state index in [0.717, 1.165) is 19.5 Å². The summed E-state index contributed by atoms with van der Waals surface area (Å²) in [6, 6.07) is 1.77. The van der Waals surface area contributed by atoms with E-state index in [1.165, 1.54) is 11.5 Å². The zero-order valence-corrected chi connectivity index (χ0v) is 13.8. The number of aliphatic carboxylic acids is 1. The number of amides is 2. The lowest BCUT2D eigenvalue weighted by Gasteiger charge is -2.14. The van der Waals surface area contributed by atoms with Crippen LogP contribution in [-0.4, -0.2) is 58.0 Å². The van der Waals surface area contributed by atoms with Gasteiger partial charge >= 0.3 is 12.1 Å². The third kappa shape index (κ3) is 8.44. The number of carbonyl (C=O) groups excluding carboxylic acids is 2. The van der Waals surface area contributed by atoms with Gasteiger partial charge in [-0.05, 0) is 36.5 Å². The fourth-order valence-corrected chi connectivity index (χ4v) is 2.64. The first-order chi connectivity index (χ1) is 11.6. The maximum Gasteiger partial charge on any atom is 0.490 e. The lowest BCUT2D eigenvalue weighted by Crippen LogP contribution is -2.32. The Labute approximate surface area is 145 Å². The van der Waals surface area contributed by atoms with Crippen LogP contribution in [0.3, 0.4) is 0 Å². The van der Waals surface area contributed by atoms with Crippen molar-refractivity contribution in [1.82, 2.24) is 9.27 Å². The topological polar surface area (TPSA) is 126 Å². The van der Waals surface area contributed by atoms with Gasteiger partial charge in [0.2, 0.25) is 11.8 Å². The van der Waals surface area contributed by atoms with Gasteiger partial charge in [0.1, 0.15) is 5.82 Å². The number of alkyl halides is 3. The smallest absolute Gasteiger partial charge is 0.475 e. The number of nitrogens with one attached hydrogen (secondary N) is 1. The molecule has 2 heterocycles. The molecule has 1 unspecified atom stereocenters. The molecule has 1 fully saturated rings. The molecule has 1 atom stereocenters. The molecule has 8 nitrogen and oxygen atoms in total. The predicted octanol–water partition coefficient (Wildman–Crippen LogP) is 0.912. The van der Waals surface area contributed by atoms with Gasteiger partial charge in [-0.2, -0.15) is 17.5 Å². The summed E-state index contributed by atoms with van der Waals surface area (Å²) < 4.78 is 35.8. The Morgan fingerprint density at radius 1 is 1.44 bits per heavy atom. The quantitative estimate of drug-likeness (QED) is 0.695. The highest BCUT2D eigenvalue weighted by molar-refractivity contribution is 7.03. The number of hydrogen-bond donors (Lipinski definition) is 3. The molecule has 2 amide bonds. The van der Waals surface area contributed by atoms with E-state index in [-0.39, 0.29) is 17.7 Å². The zero-order chi connectivity index (χ0) is 19.0. The predicted molar refractivity (Wildman–Crippen MR) is 82.8 cm³/mol. The molecule has 2 rings (SSSR count). The third-order valence-electron chi connectivity index (χ3n) is 3.17. The molecule has 1 aliphatic heterocycles. The average Bonchev–Trinajstić information content (AvgIpc) is 3.10. The number of aromatic nitrogens is 1. The van der Waals surface area contributed by atoms with E-state index >= 15 is 0 Å². The summed E-state index contributed by atoms with van der Waals surface area (Å²) in [4.78, 5) is 33.5. The van der Waals surface area contributed by atoms with Crippen LogP contribution >= 0.6 is 11.5 Å². The fraction of sp³-hybridized carbons (Fsp3) is 0.538. The van der Waals surface area contributed by atoms with Crippen molar-refractivity contribution >= 4 is 35.1 Å². The van der Waals surface area contributed by atoms with Crippen molar-refractivity contribution in [2.75, 3.05) is 25.0 Å². The monoisotopic (exact) mass is 382 g/mol. The van der Waals surface area contributed by atoms with Crippen molar-refractivity contribution in [3.05, 3.63) is 11.4 Å². The van der Waals surface area contributed by atoms with E-state index < -0.39 is 12.1 Å². The number of rotatable bonds is 5. The van der Waals surface area contributed by atoms with Crippen LogP contribution in [0.15, 0.2) is 11.4 Å². The van der Waals surface area contributed by atoms with Crippen molar-refractivity contribution in [3.63, 3.8) is 0 Å². The van der Waals surface area contributed by atoms with Crippen molar-refractivity contribution in [2.45, 2.75) is 19.0 Å². The first kappa shape index (κ1) is 20.8. The van der Waals surface area contributed by atoms with Crippen molar-refractivity contribution in [1.29, 1.82) is 0 Å². The van der Waals surface area contributed by atoms with E-state index in [0.29, 0.717) is 18.8 Å². The summed E-state index contributed by atoms with van der Waals surface area (Å²) in [5, 5.41) is 11.7. The second-order valence-electron chi connectivity index (χ2n) is 5.30. The average molecular weight is 382 g/mol. The highest BCUT2D eigenvalue weighted by Gasteiger charge is 2.38. The Bertz CT molecular complexity index is 595. The van der Waals surface area contributed by atoms with Crippen molar-refractivity contribution < 1.29 is 32.7 Å². The maximum absolute atomic E-state index is 11.7. The highest BCUT2D eigenvalue weighted by Crippen LogP contribution is 2.19. The molecule has 0 bridgehead atoms. The molecule has 0 radical (unpaired) electrons. The van der Waals surface area contributed by atoms with Crippen LogP contribution in [0.2, 0.25) is 0 Å². The first-order valence-electron chi connectivity index (χ1n) is 7.09. The van der Waals surface area contributed by atoms with Gasteiger partial charge in [0.05, 0.1) is 6.54 Å². The van der Waals surface area contributed by atoms with Gasteiger partial charge in [-0.25, -0.2) is 4.79 Å². The number of hydrogen-bond acceptors (Lipinski definition) is 6. The largest absolute Gasteiger partial charge is 0.490 e. The zero-order valence-electron chi connectivity index (χ0n) is 13.0. The number of nitrogens with zero attached hydrogens (tertiary/aromatic N) is 2. The highest BCUT2D eigenvalue weighted by atomic mass is 32.1. The molecule has 1 aromatic rings. The summed E-state index contributed by atoms with van der Waals surface area (Å²) in [6.07, 6.45) is -3.75. The number of carbonyl (C=O) groups is 3. The Morgan fingerprint density at radius 3 is 2.56 bits per heavy atom. The van der Waals surface area contributed by atoms with Gasteiger partial charge in [0, 0.05) is 18.3 Å². The normalized spacial score (nSPS) is 17.5. The summed E-state index contributed by atoms with van der Waals surface area (Å²) in [6.45, 7) is 1.93. The molecule has 1 aromatic heterocycles. The molecule has 25 heavy (non-hydrogen) atoms. The summed E-state index contributed by atoms with van der Waals surface area (Å²) in [5.41, 5.74) is 5.17. The van der Waals surface area contributed by atoms with Gasteiger partial charge in [0.25, 0.3) is 0 Å². The molecule has 140 valence electrons. The molecule has 0 spiro atoms. The van der Waals surface area contributed by atoms with Gasteiger partial charge in [-0.15, -0.1) is 0 Å². The van der Waals surface area contributed by atoms with E-state index in [1.54, 1.807) is 6.07 Å². The lowest BCUT2D eigenvalue weighted by atomic mass is 10.1. The van der Waals surface area contributed by atoms with Crippen LogP contribution in [0.5, 0.6) is 0 Å². The summed E-state index contributed by atoms with van der Waals surface area (Å²) in [5.74, 6) is -2.21. The van der Waals surface area contributed by atoms with E-state index in [2.05, 4.69) is 9.69 Å². The minimum Gasteiger partial charge on any atom is -0.475 e. The fourth-order valence-electron chi connectivity index (χ4n) is 2.17. The standard InChI is InChI=1S/C11H16N4O2S.C2HF3O2/c12-9(16)5-8-1-3-15(6-8)7-11(17)13-10-2-4-18-14-10;3-2(4,5)1(6)7/h2,4,8H,1,3,5-7H2,(H2,12,16)(H,13,14,17);(H,6,7). The van der Waals surface area contributed by atoms with Crippen LogP contribution in [0.4, 0.5) is 19.0 Å². The summed E-state index contributed by atoms with van der Waals surface area (Å²) in [7, 11) is 0. The molecule has 0 saturated carbocycles. The number of carboxylic acids is 1. The Hall–Kier alpha value is -2.21. The molecule has 1 aliphatic rings. The second-order valence-corrected chi connectivity index (χ2v) is 5.96. The van der Waals surface area contributed by atoms with Crippen LogP contribution in [0, 0.1) is 5.92 Å². The Morgan fingerprint density at radius 2 is 2.08 bits per heavy atom. The molecule has 0 aliphatic carbocycles. The van der Waals surface area contributed by atoms with Crippen LogP contribution in [0.25, 0.3) is 0 Å². The third-order valence-corrected chi connectivity index (χ3v) is 3.73. The number of halogens is 3. The van der Waals surface area contributed by atoms with Gasteiger partial charge < -0.3 is 16.2 Å². The maximum atomic E-state index is 11.7. The van der Waals surface area contributed by atoms with Crippen LogP contribution < -0.4 is 11.1 Å². The minimum atomic E-state index is -5.08. The number of likely N-dealkylation sites (tertiary alicyclic amines) is 1. The van der Waals surface area contributed by atoms with Crippen molar-refractivity contribution in [2.24, 2.45) is 11.7 Å². The molecular weight excluding hydrogens is 365 g/mol. The molecule has 4 N–H and O–H groups in total. The molecule has 1 saturated heterocycles. The van der Waals surface area contributed by atoms with E-state index in [9.17, 15) is 22.8 Å². The Balaban J connectivity index is 0.000000381. The summed E-state index contributed by atoms with van der Waals surface area (Å²) >= 11 is 1.30. The Kier molecular flexibility index (Phi) is 7.77. The minimum absolute atomic E-state index is 0.0689. The second kappa shape index (κ2) is 9.32. The number of carboxylic acid groups (broad SMARTS) is 1. The van der Waals surface area contributed by atoms with Crippen molar-refractivity contribution in [3.8, 4) is 0 Å². The molecular formula is C13H17F3N4O4S. The molecule has 12 heteroatoms.